The van der Waals surface area contributed by atoms with Crippen LogP contribution in [0, 0.1) is 0 Å². The highest BCUT2D eigenvalue weighted by Crippen LogP contribution is 2.28. The van der Waals surface area contributed by atoms with Crippen LogP contribution in [0.2, 0.25) is 10.0 Å². The molecule has 0 saturated carbocycles. The zero-order valence-electron chi connectivity index (χ0n) is 15.5. The summed E-state index contributed by atoms with van der Waals surface area (Å²) in [6.45, 7) is 3.86. The first-order valence-electron chi connectivity index (χ1n) is 8.80. The summed E-state index contributed by atoms with van der Waals surface area (Å²) in [4.78, 5) is 12.0. The fourth-order valence-electron chi connectivity index (χ4n) is 2.66. The Balaban J connectivity index is 1.93. The molecular weight excluding hydrogens is 415 g/mol. The van der Waals surface area contributed by atoms with E-state index < -0.39 is 0 Å². The molecule has 0 fully saturated rings. The molecule has 1 aromatic heterocycles. The van der Waals surface area contributed by atoms with Crippen molar-refractivity contribution in [2.24, 2.45) is 0 Å². The van der Waals surface area contributed by atoms with E-state index in [4.69, 9.17) is 23.2 Å². The van der Waals surface area contributed by atoms with Crippen LogP contribution in [0.25, 0.3) is 5.69 Å². The van der Waals surface area contributed by atoms with Crippen molar-refractivity contribution in [3.63, 3.8) is 0 Å². The van der Waals surface area contributed by atoms with Gasteiger partial charge in [-0.3, -0.25) is 9.36 Å². The number of nitrogens with zero attached hydrogens (tertiary/aromatic N) is 3. The maximum Gasteiger partial charge on any atom is 0.230 e. The summed E-state index contributed by atoms with van der Waals surface area (Å²) in [5.74, 6) is 0.966. The summed E-state index contributed by atoms with van der Waals surface area (Å²) in [5.41, 5.74) is 1.92. The Bertz CT molecular complexity index is 960. The third-order valence-corrected chi connectivity index (χ3v) is 5.52. The van der Waals surface area contributed by atoms with Crippen molar-refractivity contribution in [1.29, 1.82) is 0 Å². The quantitative estimate of drug-likeness (QED) is 0.543. The lowest BCUT2D eigenvalue weighted by Gasteiger charge is -2.12. The molecule has 3 rings (SSSR count). The van der Waals surface area contributed by atoms with Crippen LogP contribution in [0.15, 0.2) is 53.7 Å². The Labute approximate surface area is 178 Å². The maximum absolute atomic E-state index is 12.0. The molecule has 0 aliphatic heterocycles. The largest absolute Gasteiger partial charge is 0.353 e. The molecule has 0 aliphatic carbocycles. The number of aromatic nitrogens is 3. The van der Waals surface area contributed by atoms with Gasteiger partial charge in [0.05, 0.1) is 21.5 Å². The number of amides is 1. The number of benzene rings is 2. The van der Waals surface area contributed by atoms with E-state index in [0.29, 0.717) is 21.6 Å². The van der Waals surface area contributed by atoms with E-state index in [-0.39, 0.29) is 17.7 Å². The van der Waals surface area contributed by atoms with Gasteiger partial charge in [-0.2, -0.15) is 0 Å². The molecule has 0 atom stereocenters. The molecule has 28 heavy (non-hydrogen) atoms. The second-order valence-electron chi connectivity index (χ2n) is 6.51. The molecule has 3 aromatic rings. The number of carbonyl (C=O) groups is 1. The molecule has 0 aliphatic rings. The summed E-state index contributed by atoms with van der Waals surface area (Å²) in [6.07, 6.45) is 0.604. The number of rotatable bonds is 7. The Hall–Kier alpha value is -2.02. The topological polar surface area (TPSA) is 59.8 Å². The second kappa shape index (κ2) is 9.45. The predicted molar refractivity (Wildman–Crippen MR) is 115 cm³/mol. The molecule has 0 bridgehead atoms. The number of thioether (sulfide) groups is 1. The van der Waals surface area contributed by atoms with Crippen molar-refractivity contribution in [3.8, 4) is 5.69 Å². The summed E-state index contributed by atoms with van der Waals surface area (Å²) in [5, 5.41) is 13.1. The fraction of sp³-hybridized carbons (Fsp3) is 0.250. The van der Waals surface area contributed by atoms with Gasteiger partial charge in [-0.15, -0.1) is 10.2 Å². The number of halogens is 2. The summed E-state index contributed by atoms with van der Waals surface area (Å²) < 4.78 is 1.92. The lowest BCUT2D eigenvalue weighted by atomic mass is 10.1. The van der Waals surface area contributed by atoms with E-state index in [2.05, 4.69) is 15.5 Å². The van der Waals surface area contributed by atoms with E-state index in [0.717, 1.165) is 17.1 Å². The smallest absolute Gasteiger partial charge is 0.230 e. The molecule has 0 spiro atoms. The molecule has 0 unspecified atom stereocenters. The molecule has 5 nitrogen and oxygen atoms in total. The standard InChI is InChI=1S/C20H20Cl2N4OS/c1-13(2)23-19(27)12-28-20-25-24-18(10-14-6-4-3-5-7-14)26(20)15-8-9-16(21)17(22)11-15/h3-9,11,13H,10,12H2,1-2H3,(H,23,27). The van der Waals surface area contributed by atoms with Crippen LogP contribution in [0.3, 0.4) is 0 Å². The van der Waals surface area contributed by atoms with Gasteiger partial charge in [-0.05, 0) is 37.6 Å². The molecule has 1 N–H and O–H groups in total. The molecule has 146 valence electrons. The molecule has 0 saturated heterocycles. The Kier molecular flexibility index (Phi) is 6.99. The van der Waals surface area contributed by atoms with E-state index in [1.54, 1.807) is 12.1 Å². The van der Waals surface area contributed by atoms with Crippen molar-refractivity contribution >= 4 is 40.9 Å². The second-order valence-corrected chi connectivity index (χ2v) is 8.26. The highest BCUT2D eigenvalue weighted by molar-refractivity contribution is 7.99. The van der Waals surface area contributed by atoms with E-state index in [9.17, 15) is 4.79 Å². The summed E-state index contributed by atoms with van der Waals surface area (Å²) in [6, 6.07) is 15.5. The average molecular weight is 435 g/mol. The zero-order valence-corrected chi connectivity index (χ0v) is 17.9. The minimum atomic E-state index is -0.0479. The van der Waals surface area contributed by atoms with E-state index in [1.807, 2.05) is 54.8 Å². The first-order chi connectivity index (χ1) is 13.4. The van der Waals surface area contributed by atoms with Crippen LogP contribution >= 0.6 is 35.0 Å². The first kappa shape index (κ1) is 20.7. The predicted octanol–water partition coefficient (Wildman–Crippen LogP) is 4.78. The lowest BCUT2D eigenvalue weighted by Crippen LogP contribution is -2.31. The van der Waals surface area contributed by atoms with Crippen molar-refractivity contribution < 1.29 is 4.79 Å². The molecule has 1 amide bonds. The highest BCUT2D eigenvalue weighted by atomic mass is 35.5. The van der Waals surface area contributed by atoms with Gasteiger partial charge < -0.3 is 5.32 Å². The van der Waals surface area contributed by atoms with Crippen LogP contribution in [0.4, 0.5) is 0 Å². The number of hydrogen-bond acceptors (Lipinski definition) is 4. The van der Waals surface area contributed by atoms with Crippen LogP contribution < -0.4 is 5.32 Å². The molecular formula is C20H20Cl2N4OS. The van der Waals surface area contributed by atoms with Crippen molar-refractivity contribution in [2.45, 2.75) is 31.5 Å². The Morgan fingerprint density at radius 2 is 1.86 bits per heavy atom. The molecule has 8 heteroatoms. The number of hydrogen-bond donors (Lipinski definition) is 1. The first-order valence-corrected chi connectivity index (χ1v) is 10.5. The van der Waals surface area contributed by atoms with Crippen LogP contribution in [-0.2, 0) is 11.2 Å². The van der Waals surface area contributed by atoms with Gasteiger partial charge in [-0.1, -0.05) is 65.3 Å². The van der Waals surface area contributed by atoms with Gasteiger partial charge >= 0.3 is 0 Å². The highest BCUT2D eigenvalue weighted by Gasteiger charge is 2.17. The van der Waals surface area contributed by atoms with E-state index in [1.165, 1.54) is 11.8 Å². The third kappa shape index (κ3) is 5.28. The van der Waals surface area contributed by atoms with Crippen LogP contribution in [0.1, 0.15) is 25.2 Å². The molecule has 1 heterocycles. The number of nitrogens with one attached hydrogen (secondary N) is 1. The monoisotopic (exact) mass is 434 g/mol. The third-order valence-electron chi connectivity index (χ3n) is 3.85. The minimum Gasteiger partial charge on any atom is -0.353 e. The fourth-order valence-corrected chi connectivity index (χ4v) is 3.74. The van der Waals surface area contributed by atoms with Crippen molar-refractivity contribution in [2.75, 3.05) is 5.75 Å². The van der Waals surface area contributed by atoms with Gasteiger partial charge in [0.15, 0.2) is 5.16 Å². The zero-order chi connectivity index (χ0) is 20.1. The van der Waals surface area contributed by atoms with Crippen molar-refractivity contribution in [1.82, 2.24) is 20.1 Å². The number of carbonyl (C=O) groups excluding carboxylic acids is 1. The maximum atomic E-state index is 12.0. The Morgan fingerprint density at radius 3 is 2.54 bits per heavy atom. The summed E-state index contributed by atoms with van der Waals surface area (Å²) in [7, 11) is 0. The van der Waals surface area contributed by atoms with Crippen molar-refractivity contribution in [3.05, 3.63) is 70.0 Å². The van der Waals surface area contributed by atoms with E-state index >= 15 is 0 Å². The van der Waals surface area contributed by atoms with Crippen LogP contribution in [0.5, 0.6) is 0 Å². The SMILES string of the molecule is CC(C)NC(=O)CSc1nnc(Cc2ccccc2)n1-c1ccc(Cl)c(Cl)c1. The molecule has 0 radical (unpaired) electrons. The van der Waals surface area contributed by atoms with Gasteiger partial charge in [0.1, 0.15) is 5.82 Å². The van der Waals surface area contributed by atoms with Gasteiger partial charge in [0, 0.05) is 12.5 Å². The lowest BCUT2D eigenvalue weighted by molar-refractivity contribution is -0.119. The normalized spacial score (nSPS) is 11.0. The molecule has 2 aromatic carbocycles. The summed E-state index contributed by atoms with van der Waals surface area (Å²) >= 11 is 13.6. The van der Waals surface area contributed by atoms with Gasteiger partial charge in [-0.25, -0.2) is 0 Å². The Morgan fingerprint density at radius 1 is 1.11 bits per heavy atom. The van der Waals surface area contributed by atoms with Gasteiger partial charge in [0.2, 0.25) is 5.91 Å². The van der Waals surface area contributed by atoms with Gasteiger partial charge in [0.25, 0.3) is 0 Å². The van der Waals surface area contributed by atoms with Crippen LogP contribution in [-0.4, -0.2) is 32.5 Å². The average Bonchev–Trinajstić information content (AvgIpc) is 3.05. The minimum absolute atomic E-state index is 0.0479.